The van der Waals surface area contributed by atoms with Gasteiger partial charge in [0.25, 0.3) is 5.91 Å². The molecule has 2 aromatic rings. The smallest absolute Gasteiger partial charge is 0.253 e. The van der Waals surface area contributed by atoms with Gasteiger partial charge in [-0.05, 0) is 44.0 Å². The fourth-order valence-electron chi connectivity index (χ4n) is 3.52. The monoisotopic (exact) mass is 270 g/mol. The number of nitrogens with one attached hydrogen (secondary N) is 2. The van der Waals surface area contributed by atoms with Crippen molar-refractivity contribution in [3.05, 3.63) is 30.1 Å². The minimum atomic E-state index is 0.00134. The van der Waals surface area contributed by atoms with E-state index in [0.717, 1.165) is 17.6 Å². The molecule has 104 valence electrons. The predicted octanol–water partition coefficient (Wildman–Crippen LogP) is 1.39. The molecule has 1 atom stereocenters. The van der Waals surface area contributed by atoms with Gasteiger partial charge in [-0.1, -0.05) is 6.07 Å². The summed E-state index contributed by atoms with van der Waals surface area (Å²) in [6, 6.07) is 5.97. The Labute approximate surface area is 117 Å². The molecule has 5 nitrogen and oxygen atoms in total. The summed E-state index contributed by atoms with van der Waals surface area (Å²) in [5, 5.41) is 3.21. The van der Waals surface area contributed by atoms with Crippen LogP contribution in [0.2, 0.25) is 0 Å². The molecule has 3 saturated heterocycles. The summed E-state index contributed by atoms with van der Waals surface area (Å²) in [7, 11) is 0. The highest BCUT2D eigenvalue weighted by molar-refractivity contribution is 6.04. The topological polar surface area (TPSA) is 61.0 Å². The molecule has 5 rings (SSSR count). The number of hydrogen-bond donors (Lipinski definition) is 2. The Balaban J connectivity index is 1.57. The number of benzene rings is 1. The highest BCUT2D eigenvalue weighted by Crippen LogP contribution is 2.27. The number of para-hydroxylation sites is 1. The van der Waals surface area contributed by atoms with E-state index in [2.05, 4.69) is 20.2 Å². The summed E-state index contributed by atoms with van der Waals surface area (Å²) in [4.78, 5) is 22.3. The number of aromatic amines is 1. The lowest BCUT2D eigenvalue weighted by molar-refractivity contribution is 0.0621. The summed E-state index contributed by atoms with van der Waals surface area (Å²) in [6.07, 6.45) is 4.05. The molecule has 0 saturated carbocycles. The summed E-state index contributed by atoms with van der Waals surface area (Å²) in [5.41, 5.74) is 2.33. The number of nitrogens with zero attached hydrogens (tertiary/aromatic N) is 2. The van der Waals surface area contributed by atoms with Crippen LogP contribution >= 0.6 is 0 Å². The molecular weight excluding hydrogens is 252 g/mol. The van der Waals surface area contributed by atoms with Gasteiger partial charge in [-0.15, -0.1) is 0 Å². The minimum Gasteiger partial charge on any atom is -0.348 e. The van der Waals surface area contributed by atoms with E-state index in [-0.39, 0.29) is 5.91 Å². The first kappa shape index (κ1) is 11.9. The Kier molecular flexibility index (Phi) is 2.73. The van der Waals surface area contributed by atoms with Crippen LogP contribution in [-0.2, 0) is 0 Å². The van der Waals surface area contributed by atoms with E-state index in [1.807, 2.05) is 18.2 Å². The van der Waals surface area contributed by atoms with Gasteiger partial charge in [-0.2, -0.15) is 0 Å². The molecule has 1 aromatic carbocycles. The minimum absolute atomic E-state index is 0.00134. The van der Waals surface area contributed by atoms with Crippen LogP contribution in [0.1, 0.15) is 23.2 Å². The first-order valence-electron chi connectivity index (χ1n) is 7.26. The zero-order chi connectivity index (χ0) is 13.5. The maximum absolute atomic E-state index is 12.5. The maximum Gasteiger partial charge on any atom is 0.253 e. The molecule has 0 aliphatic carbocycles. The SMILES string of the molecule is O=C(N[C@@H]1CN2CCC1CC2)c1cccc2[nH]cnc12. The molecule has 0 radical (unpaired) electrons. The van der Waals surface area contributed by atoms with Crippen molar-refractivity contribution in [2.75, 3.05) is 19.6 Å². The number of carbonyl (C=O) groups is 1. The van der Waals surface area contributed by atoms with Crippen LogP contribution in [0.5, 0.6) is 0 Å². The summed E-state index contributed by atoms with van der Waals surface area (Å²) < 4.78 is 0. The predicted molar refractivity (Wildman–Crippen MR) is 76.5 cm³/mol. The lowest BCUT2D eigenvalue weighted by Crippen LogP contribution is -2.57. The van der Waals surface area contributed by atoms with E-state index in [9.17, 15) is 4.79 Å². The highest BCUT2D eigenvalue weighted by atomic mass is 16.1. The lowest BCUT2D eigenvalue weighted by atomic mass is 9.84. The van der Waals surface area contributed by atoms with Crippen molar-refractivity contribution in [2.45, 2.75) is 18.9 Å². The molecule has 4 heterocycles. The summed E-state index contributed by atoms with van der Waals surface area (Å²) >= 11 is 0. The van der Waals surface area contributed by atoms with Gasteiger partial charge < -0.3 is 15.2 Å². The third kappa shape index (κ3) is 1.89. The number of rotatable bonds is 2. The van der Waals surface area contributed by atoms with Gasteiger partial charge in [-0.3, -0.25) is 4.79 Å². The Bertz CT molecular complexity index is 642. The summed E-state index contributed by atoms with van der Waals surface area (Å²) in [5.74, 6) is 0.642. The molecule has 2 N–H and O–H groups in total. The van der Waals surface area contributed by atoms with Gasteiger partial charge in [0.2, 0.25) is 0 Å². The molecule has 0 spiro atoms. The number of carbonyl (C=O) groups excluding carboxylic acids is 1. The van der Waals surface area contributed by atoms with Crippen LogP contribution in [-0.4, -0.2) is 46.5 Å². The largest absolute Gasteiger partial charge is 0.348 e. The number of piperidine rings is 3. The third-order valence-electron chi connectivity index (χ3n) is 4.67. The van der Waals surface area contributed by atoms with Crippen molar-refractivity contribution in [3.63, 3.8) is 0 Å². The zero-order valence-corrected chi connectivity index (χ0v) is 11.3. The number of imidazole rings is 1. The normalized spacial score (nSPS) is 28.7. The van der Waals surface area contributed by atoms with Gasteiger partial charge in [0.15, 0.2) is 0 Å². The van der Waals surface area contributed by atoms with Gasteiger partial charge in [0.05, 0.1) is 17.4 Å². The molecule has 3 fully saturated rings. The van der Waals surface area contributed by atoms with Crippen molar-refractivity contribution >= 4 is 16.9 Å². The second-order valence-corrected chi connectivity index (χ2v) is 5.82. The molecule has 5 heteroatoms. The molecular formula is C15H18N4O. The second-order valence-electron chi connectivity index (χ2n) is 5.82. The van der Waals surface area contributed by atoms with Crippen LogP contribution in [0.3, 0.4) is 0 Å². The third-order valence-corrected chi connectivity index (χ3v) is 4.67. The summed E-state index contributed by atoms with van der Waals surface area (Å²) in [6.45, 7) is 3.37. The van der Waals surface area contributed by atoms with E-state index in [1.54, 1.807) is 6.33 Å². The highest BCUT2D eigenvalue weighted by Gasteiger charge is 2.35. The molecule has 3 aliphatic heterocycles. The van der Waals surface area contributed by atoms with Crippen LogP contribution in [0.4, 0.5) is 0 Å². The van der Waals surface area contributed by atoms with E-state index in [0.29, 0.717) is 17.5 Å². The van der Waals surface area contributed by atoms with E-state index >= 15 is 0 Å². The Morgan fingerprint density at radius 2 is 2.20 bits per heavy atom. The molecule has 1 amide bonds. The van der Waals surface area contributed by atoms with E-state index in [1.165, 1.54) is 25.9 Å². The van der Waals surface area contributed by atoms with Crippen molar-refractivity contribution in [1.29, 1.82) is 0 Å². The lowest BCUT2D eigenvalue weighted by Gasteiger charge is -2.44. The first-order valence-corrected chi connectivity index (χ1v) is 7.26. The second kappa shape index (κ2) is 4.59. The van der Waals surface area contributed by atoms with Crippen molar-refractivity contribution in [2.24, 2.45) is 5.92 Å². The van der Waals surface area contributed by atoms with Crippen LogP contribution in [0.15, 0.2) is 24.5 Å². The van der Waals surface area contributed by atoms with Crippen LogP contribution in [0, 0.1) is 5.92 Å². The van der Waals surface area contributed by atoms with E-state index < -0.39 is 0 Å². The van der Waals surface area contributed by atoms with E-state index in [4.69, 9.17) is 0 Å². The van der Waals surface area contributed by atoms with Crippen molar-refractivity contribution < 1.29 is 4.79 Å². The molecule has 3 aliphatic rings. The number of hydrogen-bond acceptors (Lipinski definition) is 3. The molecule has 2 bridgehead atoms. The number of H-pyrrole nitrogens is 1. The van der Waals surface area contributed by atoms with Gasteiger partial charge in [-0.25, -0.2) is 4.98 Å². The fourth-order valence-corrected chi connectivity index (χ4v) is 3.52. The standard InChI is InChI=1S/C15H18N4O/c20-15(11-2-1-3-12-14(11)17-9-16-12)18-13-8-19-6-4-10(13)5-7-19/h1-3,9-10,13H,4-8H2,(H,16,17)(H,18,20)/t13-/m1/s1. The Morgan fingerprint density at radius 1 is 1.35 bits per heavy atom. The van der Waals surface area contributed by atoms with Crippen LogP contribution < -0.4 is 5.32 Å². The molecule has 1 aromatic heterocycles. The first-order chi connectivity index (χ1) is 9.81. The number of aromatic nitrogens is 2. The Morgan fingerprint density at radius 3 is 2.95 bits per heavy atom. The quantitative estimate of drug-likeness (QED) is 0.867. The van der Waals surface area contributed by atoms with Gasteiger partial charge in [0.1, 0.15) is 5.52 Å². The number of amides is 1. The average molecular weight is 270 g/mol. The van der Waals surface area contributed by atoms with Crippen molar-refractivity contribution in [1.82, 2.24) is 20.2 Å². The molecule has 20 heavy (non-hydrogen) atoms. The maximum atomic E-state index is 12.5. The van der Waals surface area contributed by atoms with Crippen LogP contribution in [0.25, 0.3) is 11.0 Å². The van der Waals surface area contributed by atoms with Gasteiger partial charge >= 0.3 is 0 Å². The Hall–Kier alpha value is -1.88. The zero-order valence-electron chi connectivity index (χ0n) is 11.3. The molecule has 0 unspecified atom stereocenters. The number of fused-ring (bicyclic) bond motifs is 4. The average Bonchev–Trinajstić information content (AvgIpc) is 2.96. The fraction of sp³-hybridized carbons (Fsp3) is 0.467. The van der Waals surface area contributed by atoms with Crippen molar-refractivity contribution in [3.8, 4) is 0 Å². The van der Waals surface area contributed by atoms with Gasteiger partial charge in [0, 0.05) is 12.6 Å².